The zero-order chi connectivity index (χ0) is 12.1. The van der Waals surface area contributed by atoms with Crippen molar-refractivity contribution in [2.75, 3.05) is 53.0 Å². The van der Waals surface area contributed by atoms with Crippen molar-refractivity contribution < 1.29 is 9.53 Å². The molecular weight excluding hydrogens is 218 g/mol. The van der Waals surface area contributed by atoms with Crippen LogP contribution in [-0.2, 0) is 4.74 Å². The van der Waals surface area contributed by atoms with Gasteiger partial charge in [-0.15, -0.1) is 0 Å². The molecule has 0 aromatic carbocycles. The lowest BCUT2D eigenvalue weighted by molar-refractivity contribution is 0.0438. The second kappa shape index (κ2) is 6.21. The number of carbonyl (C=O) groups is 1. The standard InChI is InChI=1S/C12H23N3O2/c1-14(10-11-2-4-13-5-3-11)12(16)15-6-8-17-9-7-15/h11,13H,2-10H2,1H3. The number of hydrogen-bond donors (Lipinski definition) is 1. The van der Waals surface area contributed by atoms with Gasteiger partial charge in [0.2, 0.25) is 0 Å². The molecule has 17 heavy (non-hydrogen) atoms. The van der Waals surface area contributed by atoms with Crippen LogP contribution in [0.15, 0.2) is 0 Å². The smallest absolute Gasteiger partial charge is 0.319 e. The predicted molar refractivity (Wildman–Crippen MR) is 66.0 cm³/mol. The number of hydrogen-bond acceptors (Lipinski definition) is 3. The van der Waals surface area contributed by atoms with Gasteiger partial charge in [0.15, 0.2) is 0 Å². The quantitative estimate of drug-likeness (QED) is 0.760. The lowest BCUT2D eigenvalue weighted by Crippen LogP contribution is -2.48. The molecule has 0 unspecified atom stereocenters. The molecule has 0 atom stereocenters. The van der Waals surface area contributed by atoms with Crippen LogP contribution in [0, 0.1) is 5.92 Å². The summed E-state index contributed by atoms with van der Waals surface area (Å²) in [5.74, 6) is 0.659. The Morgan fingerprint density at radius 2 is 2.00 bits per heavy atom. The van der Waals surface area contributed by atoms with E-state index >= 15 is 0 Å². The monoisotopic (exact) mass is 241 g/mol. The van der Waals surface area contributed by atoms with E-state index in [1.54, 1.807) is 0 Å². The molecule has 0 bridgehead atoms. The van der Waals surface area contributed by atoms with Gasteiger partial charge < -0.3 is 19.9 Å². The Morgan fingerprint density at radius 3 is 2.65 bits per heavy atom. The van der Waals surface area contributed by atoms with Crippen LogP contribution in [0.25, 0.3) is 0 Å². The van der Waals surface area contributed by atoms with Gasteiger partial charge in [-0.3, -0.25) is 0 Å². The van der Waals surface area contributed by atoms with Crippen LogP contribution < -0.4 is 5.32 Å². The third-order valence-corrected chi connectivity index (χ3v) is 3.60. The number of urea groups is 1. The van der Waals surface area contributed by atoms with Crippen molar-refractivity contribution in [2.24, 2.45) is 5.92 Å². The van der Waals surface area contributed by atoms with E-state index in [1.165, 1.54) is 12.8 Å². The number of nitrogens with zero attached hydrogens (tertiary/aromatic N) is 2. The predicted octanol–water partition coefficient (Wildman–Crippen LogP) is 0.370. The largest absolute Gasteiger partial charge is 0.378 e. The summed E-state index contributed by atoms with van der Waals surface area (Å²) in [7, 11) is 1.92. The zero-order valence-electron chi connectivity index (χ0n) is 10.7. The summed E-state index contributed by atoms with van der Waals surface area (Å²) in [5, 5.41) is 3.35. The first-order valence-electron chi connectivity index (χ1n) is 6.56. The van der Waals surface area contributed by atoms with Gasteiger partial charge in [-0.05, 0) is 31.8 Å². The van der Waals surface area contributed by atoms with Crippen molar-refractivity contribution >= 4 is 6.03 Å². The summed E-state index contributed by atoms with van der Waals surface area (Å²) < 4.78 is 5.26. The van der Waals surface area contributed by atoms with Crippen molar-refractivity contribution in [3.05, 3.63) is 0 Å². The van der Waals surface area contributed by atoms with Gasteiger partial charge in [0.05, 0.1) is 13.2 Å². The van der Waals surface area contributed by atoms with E-state index < -0.39 is 0 Å². The second-order valence-corrected chi connectivity index (χ2v) is 4.96. The Labute approximate surface area is 103 Å². The summed E-state index contributed by atoms with van der Waals surface area (Å²) in [6.45, 7) is 5.87. The molecule has 0 aromatic heterocycles. The first-order valence-corrected chi connectivity index (χ1v) is 6.56. The molecule has 2 aliphatic rings. The highest BCUT2D eigenvalue weighted by atomic mass is 16.5. The number of morpholine rings is 1. The topological polar surface area (TPSA) is 44.8 Å². The lowest BCUT2D eigenvalue weighted by atomic mass is 9.98. The third-order valence-electron chi connectivity index (χ3n) is 3.60. The third kappa shape index (κ3) is 3.57. The van der Waals surface area contributed by atoms with Crippen molar-refractivity contribution in [2.45, 2.75) is 12.8 Å². The Morgan fingerprint density at radius 1 is 1.35 bits per heavy atom. The molecule has 1 N–H and O–H groups in total. The van der Waals surface area contributed by atoms with Gasteiger partial charge in [-0.25, -0.2) is 4.79 Å². The fourth-order valence-corrected chi connectivity index (χ4v) is 2.53. The van der Waals surface area contributed by atoms with Gasteiger partial charge in [0.1, 0.15) is 0 Å². The summed E-state index contributed by atoms with van der Waals surface area (Å²) in [5.41, 5.74) is 0. The molecule has 0 aliphatic carbocycles. The molecule has 5 nitrogen and oxygen atoms in total. The molecule has 0 saturated carbocycles. The number of ether oxygens (including phenoxy) is 1. The maximum atomic E-state index is 12.2. The van der Waals surface area contributed by atoms with E-state index in [1.807, 2.05) is 16.8 Å². The fourth-order valence-electron chi connectivity index (χ4n) is 2.53. The van der Waals surface area contributed by atoms with Crippen LogP contribution in [0.4, 0.5) is 4.79 Å². The highest BCUT2D eigenvalue weighted by Crippen LogP contribution is 2.13. The van der Waals surface area contributed by atoms with E-state index in [2.05, 4.69) is 5.32 Å². The Kier molecular flexibility index (Phi) is 4.62. The first-order chi connectivity index (χ1) is 8.27. The van der Waals surface area contributed by atoms with Crippen LogP contribution in [0.5, 0.6) is 0 Å². The van der Waals surface area contributed by atoms with E-state index in [0.717, 1.165) is 32.7 Å². The fraction of sp³-hybridized carbons (Fsp3) is 0.917. The highest BCUT2D eigenvalue weighted by molar-refractivity contribution is 5.74. The van der Waals surface area contributed by atoms with E-state index in [4.69, 9.17) is 4.74 Å². The molecule has 2 saturated heterocycles. The van der Waals surface area contributed by atoms with Crippen molar-refractivity contribution in [1.29, 1.82) is 0 Å². The summed E-state index contributed by atoms with van der Waals surface area (Å²) in [6, 6.07) is 0.159. The van der Waals surface area contributed by atoms with Crippen molar-refractivity contribution in [3.63, 3.8) is 0 Å². The SMILES string of the molecule is CN(CC1CCNCC1)C(=O)N1CCOCC1. The highest BCUT2D eigenvalue weighted by Gasteiger charge is 2.23. The molecule has 2 amide bonds. The average Bonchev–Trinajstić information content (AvgIpc) is 2.40. The Balaban J connectivity index is 1.77. The van der Waals surface area contributed by atoms with Crippen LogP contribution in [0.3, 0.4) is 0 Å². The van der Waals surface area contributed by atoms with Gasteiger partial charge in [-0.1, -0.05) is 0 Å². The molecule has 2 aliphatic heterocycles. The summed E-state index contributed by atoms with van der Waals surface area (Å²) in [4.78, 5) is 15.9. The molecule has 0 aromatic rings. The number of carbonyl (C=O) groups excluding carboxylic acids is 1. The summed E-state index contributed by atoms with van der Waals surface area (Å²) in [6.07, 6.45) is 2.36. The average molecular weight is 241 g/mol. The van der Waals surface area contributed by atoms with E-state index in [-0.39, 0.29) is 6.03 Å². The molecule has 2 rings (SSSR count). The zero-order valence-corrected chi connectivity index (χ0v) is 10.7. The number of rotatable bonds is 2. The van der Waals surface area contributed by atoms with Crippen molar-refractivity contribution in [1.82, 2.24) is 15.1 Å². The minimum Gasteiger partial charge on any atom is -0.378 e. The van der Waals surface area contributed by atoms with Gasteiger partial charge in [0, 0.05) is 26.7 Å². The van der Waals surface area contributed by atoms with Crippen molar-refractivity contribution in [3.8, 4) is 0 Å². The molecule has 5 heteroatoms. The van der Waals surface area contributed by atoms with Crippen LogP contribution in [0.2, 0.25) is 0 Å². The maximum absolute atomic E-state index is 12.2. The Hall–Kier alpha value is -0.810. The van der Waals surface area contributed by atoms with Crippen LogP contribution >= 0.6 is 0 Å². The van der Waals surface area contributed by atoms with E-state index in [9.17, 15) is 4.79 Å². The molecular formula is C12H23N3O2. The molecule has 98 valence electrons. The van der Waals surface area contributed by atoms with Gasteiger partial charge in [0.25, 0.3) is 0 Å². The minimum atomic E-state index is 0.159. The number of amides is 2. The molecule has 2 fully saturated rings. The molecule has 2 heterocycles. The Bertz CT molecular complexity index is 248. The van der Waals surface area contributed by atoms with Crippen LogP contribution in [0.1, 0.15) is 12.8 Å². The summed E-state index contributed by atoms with van der Waals surface area (Å²) >= 11 is 0. The van der Waals surface area contributed by atoms with Gasteiger partial charge >= 0.3 is 6.03 Å². The minimum absolute atomic E-state index is 0.159. The van der Waals surface area contributed by atoms with Crippen LogP contribution in [-0.4, -0.2) is 68.8 Å². The lowest BCUT2D eigenvalue weighted by Gasteiger charge is -2.33. The van der Waals surface area contributed by atoms with Gasteiger partial charge in [-0.2, -0.15) is 0 Å². The maximum Gasteiger partial charge on any atom is 0.319 e. The number of piperidine rings is 1. The second-order valence-electron chi connectivity index (χ2n) is 4.96. The normalized spacial score (nSPS) is 22.5. The van der Waals surface area contributed by atoms with E-state index in [0.29, 0.717) is 19.1 Å². The molecule has 0 radical (unpaired) electrons. The molecule has 0 spiro atoms. The number of nitrogens with one attached hydrogen (secondary N) is 1. The first kappa shape index (κ1) is 12.6.